The predicted molar refractivity (Wildman–Crippen MR) is 156 cm³/mol. The van der Waals surface area contributed by atoms with Crippen LogP contribution in [0, 0.1) is 6.92 Å². The maximum atomic E-state index is 13.0. The van der Waals surface area contributed by atoms with Crippen molar-refractivity contribution >= 4 is 28.9 Å². The van der Waals surface area contributed by atoms with Gasteiger partial charge in [0, 0.05) is 47.8 Å². The summed E-state index contributed by atoms with van der Waals surface area (Å²) in [7, 11) is 0. The SMILES string of the molecule is Cc1c(NC(=O)c2ccc(C(C)(C)C)nc2)cccc1-c1c[nH]c(=O)c(Nc2ccc(N3CCOCC3)nn2)c1. The molecule has 5 rings (SSSR count). The molecule has 0 radical (unpaired) electrons. The van der Waals surface area contributed by atoms with E-state index < -0.39 is 0 Å². The highest BCUT2D eigenvalue weighted by molar-refractivity contribution is 6.05. The van der Waals surface area contributed by atoms with Gasteiger partial charge in [-0.25, -0.2) is 0 Å². The Morgan fingerprint density at radius 1 is 1.02 bits per heavy atom. The van der Waals surface area contributed by atoms with Crippen LogP contribution in [0.15, 0.2) is 65.7 Å². The third-order valence-electron chi connectivity index (χ3n) is 6.84. The van der Waals surface area contributed by atoms with Gasteiger partial charge in [-0.1, -0.05) is 32.9 Å². The zero-order valence-electron chi connectivity index (χ0n) is 23.1. The van der Waals surface area contributed by atoms with Crippen LogP contribution in [0.2, 0.25) is 0 Å². The van der Waals surface area contributed by atoms with E-state index in [9.17, 15) is 9.59 Å². The van der Waals surface area contributed by atoms with Crippen molar-refractivity contribution in [3.8, 4) is 11.1 Å². The summed E-state index contributed by atoms with van der Waals surface area (Å²) in [5.74, 6) is 0.992. The molecule has 1 amide bonds. The van der Waals surface area contributed by atoms with Gasteiger partial charge < -0.3 is 25.3 Å². The van der Waals surface area contributed by atoms with Crippen LogP contribution in [0.5, 0.6) is 0 Å². The van der Waals surface area contributed by atoms with Crippen LogP contribution in [0.25, 0.3) is 11.1 Å². The minimum Gasteiger partial charge on any atom is -0.378 e. The molecular formula is C30H33N7O3. The monoisotopic (exact) mass is 539 g/mol. The number of aromatic nitrogens is 4. The zero-order valence-corrected chi connectivity index (χ0v) is 23.1. The average Bonchev–Trinajstić information content (AvgIpc) is 2.96. The molecule has 10 heteroatoms. The minimum atomic E-state index is -0.281. The van der Waals surface area contributed by atoms with Crippen molar-refractivity contribution < 1.29 is 9.53 Å². The number of rotatable bonds is 6. The highest BCUT2D eigenvalue weighted by Crippen LogP contribution is 2.30. The molecule has 1 aromatic carbocycles. The predicted octanol–water partition coefficient (Wildman–Crippen LogP) is 4.67. The van der Waals surface area contributed by atoms with Crippen molar-refractivity contribution in [2.24, 2.45) is 0 Å². The maximum Gasteiger partial charge on any atom is 0.271 e. The summed E-state index contributed by atoms with van der Waals surface area (Å²) in [4.78, 5) is 35.0. The summed E-state index contributed by atoms with van der Waals surface area (Å²) < 4.78 is 5.39. The van der Waals surface area contributed by atoms with E-state index >= 15 is 0 Å². The Balaban J connectivity index is 1.33. The average molecular weight is 540 g/mol. The summed E-state index contributed by atoms with van der Waals surface area (Å²) in [6.45, 7) is 11.0. The summed E-state index contributed by atoms with van der Waals surface area (Å²) in [5.41, 5.74) is 4.55. The summed E-state index contributed by atoms with van der Waals surface area (Å²) in [5, 5.41) is 14.6. The van der Waals surface area contributed by atoms with E-state index in [1.54, 1.807) is 30.6 Å². The van der Waals surface area contributed by atoms with Gasteiger partial charge in [-0.15, -0.1) is 10.2 Å². The largest absolute Gasteiger partial charge is 0.378 e. The molecule has 4 aromatic rings. The summed E-state index contributed by atoms with van der Waals surface area (Å²) in [6, 6.07) is 14.8. The number of ether oxygens (including phenoxy) is 1. The van der Waals surface area contributed by atoms with Crippen molar-refractivity contribution in [2.75, 3.05) is 41.8 Å². The third-order valence-corrected chi connectivity index (χ3v) is 6.84. The second-order valence-electron chi connectivity index (χ2n) is 10.7. The molecule has 206 valence electrons. The molecule has 4 heterocycles. The number of amides is 1. The van der Waals surface area contributed by atoms with E-state index in [-0.39, 0.29) is 16.9 Å². The van der Waals surface area contributed by atoms with Crippen molar-refractivity contribution in [3.05, 3.63) is 88.1 Å². The van der Waals surface area contributed by atoms with E-state index in [0.29, 0.717) is 36.0 Å². The van der Waals surface area contributed by atoms with Crippen molar-refractivity contribution in [1.82, 2.24) is 20.2 Å². The number of anilines is 4. The van der Waals surface area contributed by atoms with Crippen LogP contribution in [0.3, 0.4) is 0 Å². The van der Waals surface area contributed by atoms with Gasteiger partial charge in [0.1, 0.15) is 5.69 Å². The summed E-state index contributed by atoms with van der Waals surface area (Å²) in [6.07, 6.45) is 3.26. The molecule has 3 N–H and O–H groups in total. The molecule has 1 aliphatic rings. The third kappa shape index (κ3) is 6.02. The molecule has 3 aromatic heterocycles. The molecule has 1 saturated heterocycles. The molecule has 1 fully saturated rings. The molecule has 0 bridgehead atoms. The first-order valence-electron chi connectivity index (χ1n) is 13.2. The fourth-order valence-electron chi connectivity index (χ4n) is 4.47. The normalized spacial score (nSPS) is 13.7. The lowest BCUT2D eigenvalue weighted by Gasteiger charge is -2.27. The van der Waals surface area contributed by atoms with Gasteiger partial charge in [-0.05, 0) is 54.4 Å². The number of carbonyl (C=O) groups excluding carboxylic acids is 1. The first-order valence-corrected chi connectivity index (χ1v) is 13.2. The second kappa shape index (κ2) is 11.3. The lowest BCUT2D eigenvalue weighted by molar-refractivity contribution is 0.102. The first kappa shape index (κ1) is 27.0. The molecule has 0 aliphatic carbocycles. The number of morpholine rings is 1. The quantitative estimate of drug-likeness (QED) is 0.323. The Bertz CT molecular complexity index is 1550. The fraction of sp³-hybridized carbons (Fsp3) is 0.300. The number of benzene rings is 1. The Morgan fingerprint density at radius 3 is 2.50 bits per heavy atom. The van der Waals surface area contributed by atoms with Gasteiger partial charge in [-0.2, -0.15) is 0 Å². The lowest BCUT2D eigenvalue weighted by atomic mass is 9.91. The maximum absolute atomic E-state index is 13.0. The molecule has 40 heavy (non-hydrogen) atoms. The molecular weight excluding hydrogens is 506 g/mol. The van der Waals surface area contributed by atoms with Crippen LogP contribution in [0.1, 0.15) is 42.4 Å². The Hall–Kier alpha value is -4.57. The van der Waals surface area contributed by atoms with Gasteiger partial charge in [0.2, 0.25) is 0 Å². The number of pyridine rings is 2. The number of H-pyrrole nitrogens is 1. The highest BCUT2D eigenvalue weighted by atomic mass is 16.5. The standard InChI is InChI=1S/C30H33N7O3/c1-19-22(6-5-7-23(19)34-28(38)20-8-9-25(31-17-20)30(2,3)4)21-16-24(29(39)32-18-21)33-26-10-11-27(36-35-26)37-12-14-40-15-13-37/h5-11,16-18H,12-15H2,1-4H3,(H,32,39)(H,33,35)(H,34,38). The van der Waals surface area contributed by atoms with Gasteiger partial charge in [-0.3, -0.25) is 14.6 Å². The first-order chi connectivity index (χ1) is 19.2. The number of hydrogen-bond acceptors (Lipinski definition) is 8. The number of nitrogens with zero attached hydrogens (tertiary/aromatic N) is 4. The lowest BCUT2D eigenvalue weighted by Crippen LogP contribution is -2.36. The van der Waals surface area contributed by atoms with E-state index in [1.807, 2.05) is 37.3 Å². The van der Waals surface area contributed by atoms with Crippen LogP contribution in [-0.2, 0) is 10.2 Å². The second-order valence-corrected chi connectivity index (χ2v) is 10.7. The van der Waals surface area contributed by atoms with E-state index in [2.05, 4.69) is 56.5 Å². The fourth-order valence-corrected chi connectivity index (χ4v) is 4.47. The van der Waals surface area contributed by atoms with Crippen LogP contribution in [-0.4, -0.2) is 52.4 Å². The molecule has 0 saturated carbocycles. The minimum absolute atomic E-state index is 0.0940. The molecule has 0 spiro atoms. The number of aromatic amines is 1. The van der Waals surface area contributed by atoms with Crippen LogP contribution < -0.4 is 21.1 Å². The molecule has 10 nitrogen and oxygen atoms in total. The number of carbonyl (C=O) groups is 1. The Kier molecular flexibility index (Phi) is 7.61. The molecule has 1 aliphatic heterocycles. The Morgan fingerprint density at radius 2 is 1.82 bits per heavy atom. The Labute approximate surface area is 232 Å². The van der Waals surface area contributed by atoms with Crippen molar-refractivity contribution in [3.63, 3.8) is 0 Å². The number of hydrogen-bond donors (Lipinski definition) is 3. The van der Waals surface area contributed by atoms with Gasteiger partial charge >= 0.3 is 0 Å². The van der Waals surface area contributed by atoms with Crippen molar-refractivity contribution in [2.45, 2.75) is 33.1 Å². The number of nitrogens with one attached hydrogen (secondary N) is 3. The van der Waals surface area contributed by atoms with Crippen LogP contribution >= 0.6 is 0 Å². The van der Waals surface area contributed by atoms with Crippen molar-refractivity contribution in [1.29, 1.82) is 0 Å². The summed E-state index contributed by atoms with van der Waals surface area (Å²) >= 11 is 0. The topological polar surface area (TPSA) is 125 Å². The van der Waals surface area contributed by atoms with E-state index in [0.717, 1.165) is 41.3 Å². The van der Waals surface area contributed by atoms with Crippen LogP contribution in [0.4, 0.5) is 23.0 Å². The van der Waals surface area contributed by atoms with Gasteiger partial charge in [0.15, 0.2) is 11.6 Å². The smallest absolute Gasteiger partial charge is 0.271 e. The molecule has 0 unspecified atom stereocenters. The van der Waals surface area contributed by atoms with E-state index in [4.69, 9.17) is 4.74 Å². The van der Waals surface area contributed by atoms with Gasteiger partial charge in [0.25, 0.3) is 11.5 Å². The van der Waals surface area contributed by atoms with Gasteiger partial charge in [0.05, 0.1) is 18.8 Å². The van der Waals surface area contributed by atoms with E-state index in [1.165, 1.54) is 0 Å². The zero-order chi connectivity index (χ0) is 28.3. The molecule has 0 atom stereocenters. The highest BCUT2D eigenvalue weighted by Gasteiger charge is 2.17.